The standard InChI is InChI=1S/C20H23N3/c1-3-8-19(9-4-1)12-7-13-21-23-16-14-22(15-17-23)18-20-10-5-2-6-11-20/h1-13H,14-18H2/p+1/b12-7+,21-13-. The number of hydrogen-bond donors (Lipinski definition) is 1. The first-order valence-electron chi connectivity index (χ1n) is 8.28. The Morgan fingerprint density at radius 2 is 1.57 bits per heavy atom. The number of quaternary nitrogens is 1. The van der Waals surface area contributed by atoms with Gasteiger partial charge in [0.25, 0.3) is 0 Å². The molecule has 1 heterocycles. The highest BCUT2D eigenvalue weighted by Gasteiger charge is 2.18. The van der Waals surface area contributed by atoms with Crippen LogP contribution >= 0.6 is 0 Å². The van der Waals surface area contributed by atoms with E-state index in [1.54, 1.807) is 4.90 Å². The van der Waals surface area contributed by atoms with Gasteiger partial charge in [-0.15, -0.1) is 0 Å². The van der Waals surface area contributed by atoms with E-state index in [1.807, 2.05) is 30.5 Å². The van der Waals surface area contributed by atoms with E-state index in [9.17, 15) is 0 Å². The molecule has 118 valence electrons. The third-order valence-corrected chi connectivity index (χ3v) is 4.15. The molecule has 0 saturated carbocycles. The Labute approximate surface area is 138 Å². The molecule has 1 aliphatic rings. The van der Waals surface area contributed by atoms with E-state index < -0.39 is 0 Å². The molecule has 3 rings (SSSR count). The average molecular weight is 306 g/mol. The maximum absolute atomic E-state index is 4.55. The summed E-state index contributed by atoms with van der Waals surface area (Å²) in [5.74, 6) is 0. The van der Waals surface area contributed by atoms with Gasteiger partial charge in [-0.05, 0) is 11.6 Å². The molecule has 0 aliphatic carbocycles. The lowest BCUT2D eigenvalue weighted by molar-refractivity contribution is -0.918. The van der Waals surface area contributed by atoms with Crippen LogP contribution in [-0.4, -0.2) is 37.4 Å². The first-order valence-corrected chi connectivity index (χ1v) is 8.28. The summed E-state index contributed by atoms with van der Waals surface area (Å²) < 4.78 is 0. The summed E-state index contributed by atoms with van der Waals surface area (Å²) in [6.45, 7) is 5.46. The fourth-order valence-corrected chi connectivity index (χ4v) is 2.84. The van der Waals surface area contributed by atoms with Crippen LogP contribution in [0.1, 0.15) is 11.1 Å². The molecule has 2 aromatic rings. The predicted molar refractivity (Wildman–Crippen MR) is 96.4 cm³/mol. The number of allylic oxidation sites excluding steroid dienone is 1. The molecule has 3 nitrogen and oxygen atoms in total. The van der Waals surface area contributed by atoms with E-state index in [0.717, 1.165) is 32.7 Å². The normalized spacial score (nSPS) is 16.4. The highest BCUT2D eigenvalue weighted by Crippen LogP contribution is 2.00. The molecule has 0 spiro atoms. The van der Waals surface area contributed by atoms with Crippen molar-refractivity contribution in [2.45, 2.75) is 6.54 Å². The Morgan fingerprint density at radius 3 is 2.26 bits per heavy atom. The number of hydrogen-bond acceptors (Lipinski definition) is 2. The Bertz CT molecular complexity index is 626. The molecule has 1 aliphatic heterocycles. The molecule has 23 heavy (non-hydrogen) atoms. The highest BCUT2D eigenvalue weighted by atomic mass is 15.5. The molecule has 0 aromatic heterocycles. The topological polar surface area (TPSA) is 20.0 Å². The van der Waals surface area contributed by atoms with Crippen molar-refractivity contribution in [2.75, 3.05) is 26.2 Å². The zero-order chi connectivity index (χ0) is 15.7. The Hall–Kier alpha value is -2.39. The van der Waals surface area contributed by atoms with E-state index in [-0.39, 0.29) is 0 Å². The summed E-state index contributed by atoms with van der Waals surface area (Å²) in [7, 11) is 0. The fraction of sp³-hybridized carbons (Fsp3) is 0.250. The number of nitrogens with zero attached hydrogens (tertiary/aromatic N) is 2. The number of piperazine rings is 1. The minimum absolute atomic E-state index is 1.03. The number of hydrazone groups is 1. The van der Waals surface area contributed by atoms with Gasteiger partial charge < -0.3 is 4.90 Å². The van der Waals surface area contributed by atoms with Crippen LogP contribution in [0.15, 0.2) is 71.8 Å². The van der Waals surface area contributed by atoms with Gasteiger partial charge in [-0.1, -0.05) is 66.7 Å². The van der Waals surface area contributed by atoms with E-state index in [0.29, 0.717) is 0 Å². The van der Waals surface area contributed by atoms with Crippen LogP contribution in [0.2, 0.25) is 0 Å². The van der Waals surface area contributed by atoms with E-state index >= 15 is 0 Å². The molecule has 0 bridgehead atoms. The van der Waals surface area contributed by atoms with Gasteiger partial charge in [0.05, 0.1) is 26.2 Å². The Balaban J connectivity index is 1.42. The van der Waals surface area contributed by atoms with Crippen molar-refractivity contribution in [1.29, 1.82) is 0 Å². The molecule has 1 N–H and O–H groups in total. The molecular formula is C20H24N3+. The SMILES string of the molecule is C(/C=C/c1ccccc1)=N/N1CC[NH+](Cc2ccccc2)CC1. The first-order chi connectivity index (χ1) is 11.4. The minimum Gasteiger partial charge on any atom is -0.328 e. The third kappa shape index (κ3) is 5.08. The van der Waals surface area contributed by atoms with Crippen LogP contribution in [-0.2, 0) is 6.54 Å². The summed E-state index contributed by atoms with van der Waals surface area (Å²) in [5, 5.41) is 6.72. The van der Waals surface area contributed by atoms with Crippen LogP contribution in [0.25, 0.3) is 6.08 Å². The van der Waals surface area contributed by atoms with Gasteiger partial charge in [-0.3, -0.25) is 5.01 Å². The van der Waals surface area contributed by atoms with Gasteiger partial charge in [0.1, 0.15) is 6.54 Å². The van der Waals surface area contributed by atoms with E-state index in [4.69, 9.17) is 0 Å². The Morgan fingerprint density at radius 1 is 0.913 bits per heavy atom. The van der Waals surface area contributed by atoms with E-state index in [1.165, 1.54) is 11.1 Å². The quantitative estimate of drug-likeness (QED) is 0.839. The maximum atomic E-state index is 4.55. The summed E-state index contributed by atoms with van der Waals surface area (Å²) in [6, 6.07) is 21.1. The zero-order valence-corrected chi connectivity index (χ0v) is 13.4. The van der Waals surface area contributed by atoms with Gasteiger partial charge >= 0.3 is 0 Å². The average Bonchev–Trinajstić information content (AvgIpc) is 2.62. The summed E-state index contributed by atoms with van der Waals surface area (Å²) >= 11 is 0. The van der Waals surface area contributed by atoms with E-state index in [2.05, 4.69) is 58.7 Å². The molecule has 3 heteroatoms. The van der Waals surface area contributed by atoms with Gasteiger partial charge in [-0.2, -0.15) is 5.10 Å². The largest absolute Gasteiger partial charge is 0.328 e. The molecule has 0 radical (unpaired) electrons. The van der Waals surface area contributed by atoms with Crippen molar-refractivity contribution >= 4 is 12.3 Å². The van der Waals surface area contributed by atoms with Crippen molar-refractivity contribution < 1.29 is 4.90 Å². The molecule has 0 atom stereocenters. The lowest BCUT2D eigenvalue weighted by Gasteiger charge is -2.30. The number of nitrogens with one attached hydrogen (secondary N) is 1. The second-order valence-electron chi connectivity index (χ2n) is 5.90. The third-order valence-electron chi connectivity index (χ3n) is 4.15. The smallest absolute Gasteiger partial charge is 0.103 e. The van der Waals surface area contributed by atoms with Crippen molar-refractivity contribution in [3.05, 3.63) is 77.9 Å². The summed E-state index contributed by atoms with van der Waals surface area (Å²) in [4.78, 5) is 1.64. The van der Waals surface area contributed by atoms with Crippen LogP contribution in [0.5, 0.6) is 0 Å². The minimum atomic E-state index is 1.03. The van der Waals surface area contributed by atoms with Crippen molar-refractivity contribution in [1.82, 2.24) is 5.01 Å². The van der Waals surface area contributed by atoms with Gasteiger partial charge in [0.2, 0.25) is 0 Å². The van der Waals surface area contributed by atoms with Crippen LogP contribution in [0.4, 0.5) is 0 Å². The number of benzene rings is 2. The molecular weight excluding hydrogens is 282 g/mol. The van der Waals surface area contributed by atoms with Crippen molar-refractivity contribution in [3.8, 4) is 0 Å². The summed E-state index contributed by atoms with van der Waals surface area (Å²) in [5.41, 5.74) is 2.63. The second-order valence-corrected chi connectivity index (χ2v) is 5.90. The number of rotatable bonds is 5. The Kier molecular flexibility index (Phi) is 5.59. The molecule has 0 amide bonds. The first kappa shape index (κ1) is 15.5. The molecule has 0 unspecified atom stereocenters. The van der Waals surface area contributed by atoms with Crippen LogP contribution in [0, 0.1) is 0 Å². The molecule has 2 aromatic carbocycles. The van der Waals surface area contributed by atoms with Crippen molar-refractivity contribution in [2.24, 2.45) is 5.10 Å². The predicted octanol–water partition coefficient (Wildman–Crippen LogP) is 2.09. The van der Waals surface area contributed by atoms with Gasteiger partial charge in [0, 0.05) is 11.8 Å². The maximum Gasteiger partial charge on any atom is 0.103 e. The van der Waals surface area contributed by atoms with Gasteiger partial charge in [-0.25, -0.2) is 0 Å². The summed E-state index contributed by atoms with van der Waals surface area (Å²) in [6.07, 6.45) is 5.99. The van der Waals surface area contributed by atoms with Gasteiger partial charge in [0.15, 0.2) is 0 Å². The van der Waals surface area contributed by atoms with Crippen LogP contribution < -0.4 is 4.90 Å². The molecule has 1 fully saturated rings. The lowest BCUT2D eigenvalue weighted by Crippen LogP contribution is -3.13. The lowest BCUT2D eigenvalue weighted by atomic mass is 10.2. The van der Waals surface area contributed by atoms with Crippen molar-refractivity contribution in [3.63, 3.8) is 0 Å². The molecule has 1 saturated heterocycles. The monoisotopic (exact) mass is 306 g/mol. The fourth-order valence-electron chi connectivity index (χ4n) is 2.84. The zero-order valence-electron chi connectivity index (χ0n) is 13.4. The van der Waals surface area contributed by atoms with Crippen LogP contribution in [0.3, 0.4) is 0 Å². The highest BCUT2D eigenvalue weighted by molar-refractivity contribution is 5.77. The second kappa shape index (κ2) is 8.30.